The van der Waals surface area contributed by atoms with Gasteiger partial charge in [0, 0.05) is 37.0 Å². The van der Waals surface area contributed by atoms with Gasteiger partial charge in [-0.2, -0.15) is 5.10 Å². The third-order valence-corrected chi connectivity index (χ3v) is 7.09. The standard InChI is InChI=1S/C21H28N4O3S/c1-14(2)17-5-6-18(29-17)21(27)25-7-3-4-15(13-25)19-16(12-22-23-19)20(26)24-8-10-28-11-9-24/h5-6,12,14-15H,3-4,7-11,13H2,1-2H3,(H,22,23)/t15-/m1/s1. The van der Waals surface area contributed by atoms with Crippen LogP contribution in [-0.4, -0.2) is 71.2 Å². The van der Waals surface area contributed by atoms with E-state index in [1.807, 2.05) is 15.9 Å². The van der Waals surface area contributed by atoms with Gasteiger partial charge in [0.15, 0.2) is 0 Å². The number of likely N-dealkylation sites (tertiary alicyclic amines) is 1. The maximum absolute atomic E-state index is 13.0. The van der Waals surface area contributed by atoms with E-state index in [1.165, 1.54) is 4.88 Å². The maximum atomic E-state index is 13.0. The molecule has 2 aliphatic heterocycles. The first kappa shape index (κ1) is 20.1. The van der Waals surface area contributed by atoms with E-state index in [2.05, 4.69) is 30.1 Å². The average Bonchev–Trinajstić information content (AvgIpc) is 3.43. The van der Waals surface area contributed by atoms with E-state index >= 15 is 0 Å². The Hall–Kier alpha value is -2.19. The van der Waals surface area contributed by atoms with Crippen molar-refractivity contribution in [1.82, 2.24) is 20.0 Å². The zero-order valence-electron chi connectivity index (χ0n) is 17.0. The van der Waals surface area contributed by atoms with Crippen molar-refractivity contribution < 1.29 is 14.3 Å². The number of rotatable bonds is 4. The molecule has 156 valence electrons. The summed E-state index contributed by atoms with van der Waals surface area (Å²) in [5.74, 6) is 0.613. The summed E-state index contributed by atoms with van der Waals surface area (Å²) in [7, 11) is 0. The molecule has 7 nitrogen and oxygen atoms in total. The first-order valence-corrected chi connectivity index (χ1v) is 11.2. The van der Waals surface area contributed by atoms with Gasteiger partial charge in [0.1, 0.15) is 0 Å². The molecule has 29 heavy (non-hydrogen) atoms. The van der Waals surface area contributed by atoms with Crippen molar-refractivity contribution in [3.05, 3.63) is 39.3 Å². The van der Waals surface area contributed by atoms with Crippen LogP contribution in [0.2, 0.25) is 0 Å². The Labute approximate surface area is 175 Å². The molecule has 1 atom stereocenters. The molecule has 2 aromatic heterocycles. The summed E-state index contributed by atoms with van der Waals surface area (Å²) < 4.78 is 5.35. The Balaban J connectivity index is 1.48. The van der Waals surface area contributed by atoms with Crippen LogP contribution in [0.4, 0.5) is 0 Å². The number of carbonyl (C=O) groups is 2. The first-order valence-electron chi connectivity index (χ1n) is 10.3. The Morgan fingerprint density at radius 3 is 2.69 bits per heavy atom. The number of carbonyl (C=O) groups excluding carboxylic acids is 2. The van der Waals surface area contributed by atoms with Crippen LogP contribution in [0, 0.1) is 0 Å². The number of H-pyrrole nitrogens is 1. The summed E-state index contributed by atoms with van der Waals surface area (Å²) in [6.45, 7) is 8.01. The summed E-state index contributed by atoms with van der Waals surface area (Å²) in [5.41, 5.74) is 1.48. The van der Waals surface area contributed by atoms with Gasteiger partial charge >= 0.3 is 0 Å². The number of thiophene rings is 1. The van der Waals surface area contributed by atoms with Crippen LogP contribution in [0.25, 0.3) is 0 Å². The number of piperidine rings is 1. The molecule has 0 saturated carbocycles. The van der Waals surface area contributed by atoms with Gasteiger partial charge in [0.25, 0.3) is 11.8 Å². The lowest BCUT2D eigenvalue weighted by molar-refractivity contribution is 0.0301. The summed E-state index contributed by atoms with van der Waals surface area (Å²) >= 11 is 1.58. The van der Waals surface area contributed by atoms with Crippen LogP contribution in [0.3, 0.4) is 0 Å². The van der Waals surface area contributed by atoms with Crippen LogP contribution in [0.15, 0.2) is 18.3 Å². The van der Waals surface area contributed by atoms with Crippen LogP contribution in [0.5, 0.6) is 0 Å². The molecule has 1 N–H and O–H groups in total. The van der Waals surface area contributed by atoms with Gasteiger partial charge in [0.05, 0.1) is 35.5 Å². The molecular weight excluding hydrogens is 388 g/mol. The van der Waals surface area contributed by atoms with Crippen molar-refractivity contribution in [2.45, 2.75) is 38.5 Å². The van der Waals surface area contributed by atoms with E-state index in [9.17, 15) is 9.59 Å². The number of aromatic nitrogens is 2. The van der Waals surface area contributed by atoms with Crippen molar-refractivity contribution in [3.63, 3.8) is 0 Å². The van der Waals surface area contributed by atoms with Crippen LogP contribution >= 0.6 is 11.3 Å². The third kappa shape index (κ3) is 4.23. The molecule has 8 heteroatoms. The van der Waals surface area contributed by atoms with E-state index in [0.717, 1.165) is 30.0 Å². The molecule has 0 spiro atoms. The topological polar surface area (TPSA) is 78.5 Å². The lowest BCUT2D eigenvalue weighted by atomic mass is 9.92. The van der Waals surface area contributed by atoms with Crippen molar-refractivity contribution >= 4 is 23.2 Å². The predicted molar refractivity (Wildman–Crippen MR) is 112 cm³/mol. The van der Waals surface area contributed by atoms with Gasteiger partial charge in [-0.1, -0.05) is 13.8 Å². The van der Waals surface area contributed by atoms with E-state index < -0.39 is 0 Å². The zero-order chi connectivity index (χ0) is 20.4. The minimum Gasteiger partial charge on any atom is -0.378 e. The highest BCUT2D eigenvalue weighted by atomic mass is 32.1. The fraction of sp³-hybridized carbons (Fsp3) is 0.571. The molecule has 4 heterocycles. The smallest absolute Gasteiger partial charge is 0.263 e. The summed E-state index contributed by atoms with van der Waals surface area (Å²) in [4.78, 5) is 31.8. The van der Waals surface area contributed by atoms with Gasteiger partial charge in [-0.15, -0.1) is 11.3 Å². The van der Waals surface area contributed by atoms with Gasteiger partial charge in [-0.3, -0.25) is 14.7 Å². The molecule has 0 radical (unpaired) electrons. The fourth-order valence-electron chi connectivity index (χ4n) is 4.05. The highest BCUT2D eigenvalue weighted by molar-refractivity contribution is 7.14. The lowest BCUT2D eigenvalue weighted by Gasteiger charge is -2.33. The highest BCUT2D eigenvalue weighted by Gasteiger charge is 2.31. The Morgan fingerprint density at radius 1 is 1.17 bits per heavy atom. The van der Waals surface area contributed by atoms with Crippen molar-refractivity contribution in [2.75, 3.05) is 39.4 Å². The quantitative estimate of drug-likeness (QED) is 0.831. The molecule has 4 rings (SSSR count). The van der Waals surface area contributed by atoms with Crippen LogP contribution in [0.1, 0.15) is 69.1 Å². The Bertz CT molecular complexity index is 869. The third-order valence-electron chi connectivity index (χ3n) is 5.72. The lowest BCUT2D eigenvalue weighted by Crippen LogP contribution is -2.42. The largest absolute Gasteiger partial charge is 0.378 e. The van der Waals surface area contributed by atoms with Gasteiger partial charge in [0.2, 0.25) is 0 Å². The summed E-state index contributed by atoms with van der Waals surface area (Å²) in [5, 5.41) is 7.21. The summed E-state index contributed by atoms with van der Waals surface area (Å²) in [6, 6.07) is 3.99. The van der Waals surface area contributed by atoms with Gasteiger partial charge < -0.3 is 14.5 Å². The molecule has 2 fully saturated rings. The number of hydrogen-bond acceptors (Lipinski definition) is 5. The molecular formula is C21H28N4O3S. The van der Waals surface area contributed by atoms with E-state index in [0.29, 0.717) is 44.3 Å². The molecule has 2 aromatic rings. The van der Waals surface area contributed by atoms with Crippen LogP contribution < -0.4 is 0 Å². The minimum absolute atomic E-state index is 0.000307. The van der Waals surface area contributed by atoms with Crippen molar-refractivity contribution in [3.8, 4) is 0 Å². The summed E-state index contributed by atoms with van der Waals surface area (Å²) in [6.07, 6.45) is 3.49. The second kappa shape index (κ2) is 8.67. The number of nitrogens with one attached hydrogen (secondary N) is 1. The molecule has 2 saturated heterocycles. The van der Waals surface area contributed by atoms with E-state index in [1.54, 1.807) is 17.5 Å². The molecule has 2 amide bonds. The zero-order valence-corrected chi connectivity index (χ0v) is 17.8. The predicted octanol–water partition coefficient (Wildman–Crippen LogP) is 3.09. The number of amides is 2. The minimum atomic E-state index is 0.000307. The molecule has 2 aliphatic rings. The van der Waals surface area contributed by atoms with Gasteiger partial charge in [-0.05, 0) is 30.9 Å². The van der Waals surface area contributed by atoms with Crippen molar-refractivity contribution in [1.29, 1.82) is 0 Å². The van der Waals surface area contributed by atoms with E-state index in [4.69, 9.17) is 4.74 Å². The monoisotopic (exact) mass is 416 g/mol. The molecule has 0 unspecified atom stereocenters. The second-order valence-corrected chi connectivity index (χ2v) is 9.16. The average molecular weight is 417 g/mol. The maximum Gasteiger partial charge on any atom is 0.263 e. The normalized spacial score (nSPS) is 20.3. The Morgan fingerprint density at radius 2 is 1.97 bits per heavy atom. The van der Waals surface area contributed by atoms with Crippen molar-refractivity contribution in [2.24, 2.45) is 0 Å². The molecule has 0 aromatic carbocycles. The first-order chi connectivity index (χ1) is 14.0. The number of ether oxygens (including phenoxy) is 1. The SMILES string of the molecule is CC(C)c1ccc(C(=O)N2CCC[C@@H](c3[nH]ncc3C(=O)N3CCOCC3)C2)s1. The van der Waals surface area contributed by atoms with Crippen LogP contribution in [-0.2, 0) is 4.74 Å². The van der Waals surface area contributed by atoms with E-state index in [-0.39, 0.29) is 17.7 Å². The molecule has 0 bridgehead atoms. The highest BCUT2D eigenvalue weighted by Crippen LogP contribution is 2.31. The number of morpholine rings is 1. The van der Waals surface area contributed by atoms with Gasteiger partial charge in [-0.25, -0.2) is 0 Å². The number of nitrogens with zero attached hydrogens (tertiary/aromatic N) is 3. The Kier molecular flexibility index (Phi) is 6.01. The number of hydrogen-bond donors (Lipinski definition) is 1. The number of aromatic amines is 1. The fourth-order valence-corrected chi connectivity index (χ4v) is 5.02. The second-order valence-electron chi connectivity index (χ2n) is 8.05. The molecule has 0 aliphatic carbocycles.